The van der Waals surface area contributed by atoms with Crippen molar-refractivity contribution in [1.82, 2.24) is 5.32 Å². The van der Waals surface area contributed by atoms with Gasteiger partial charge in [0.05, 0.1) is 5.75 Å². The summed E-state index contributed by atoms with van der Waals surface area (Å²) in [6.45, 7) is 5.14. The summed E-state index contributed by atoms with van der Waals surface area (Å²) in [5.41, 5.74) is 0. The maximum Gasteiger partial charge on any atom is 0.147 e. The number of hydrogen-bond acceptors (Lipinski definition) is 3. The lowest BCUT2D eigenvalue weighted by Gasteiger charge is -2.19. The Balaban J connectivity index is 3.63. The van der Waals surface area contributed by atoms with Gasteiger partial charge in [-0.2, -0.15) is 0 Å². The maximum atomic E-state index is 10.9. The molecule has 0 bridgehead atoms. The van der Waals surface area contributed by atoms with Gasteiger partial charge < -0.3 is 5.32 Å². The van der Waals surface area contributed by atoms with Gasteiger partial charge in [-0.3, -0.25) is 0 Å². The van der Waals surface area contributed by atoms with Gasteiger partial charge >= 0.3 is 0 Å². The van der Waals surface area contributed by atoms with Crippen LogP contribution >= 0.6 is 22.6 Å². The van der Waals surface area contributed by atoms with Crippen molar-refractivity contribution in [1.29, 1.82) is 0 Å². The van der Waals surface area contributed by atoms with Gasteiger partial charge in [-0.05, 0) is 18.9 Å². The minimum absolute atomic E-state index is 0.284. The second-order valence-electron chi connectivity index (χ2n) is 3.94. The highest BCUT2D eigenvalue weighted by Gasteiger charge is 2.10. The smallest absolute Gasteiger partial charge is 0.147 e. The summed E-state index contributed by atoms with van der Waals surface area (Å²) >= 11 is 2.35. The standard InChI is InChI=1S/C9H20INO2S/c1-8(2)9(7-10)11-5-4-6-14(3,12)13/h8-9,11H,4-7H2,1-3H3. The Morgan fingerprint density at radius 1 is 1.36 bits per heavy atom. The van der Waals surface area contributed by atoms with E-state index in [1.807, 2.05) is 0 Å². The number of hydrogen-bond donors (Lipinski definition) is 1. The van der Waals surface area contributed by atoms with Gasteiger partial charge in [-0.25, -0.2) is 8.42 Å². The zero-order valence-corrected chi connectivity index (χ0v) is 12.1. The van der Waals surface area contributed by atoms with Crippen molar-refractivity contribution < 1.29 is 8.42 Å². The van der Waals surface area contributed by atoms with Crippen molar-refractivity contribution in [3.8, 4) is 0 Å². The first-order chi connectivity index (χ1) is 6.37. The van der Waals surface area contributed by atoms with E-state index in [4.69, 9.17) is 0 Å². The van der Waals surface area contributed by atoms with Crippen LogP contribution in [0, 0.1) is 5.92 Å². The third-order valence-corrected chi connectivity index (χ3v) is 4.05. The van der Waals surface area contributed by atoms with Gasteiger partial charge in [0.25, 0.3) is 0 Å². The van der Waals surface area contributed by atoms with Crippen LogP contribution in [0.1, 0.15) is 20.3 Å². The average molecular weight is 333 g/mol. The molecular weight excluding hydrogens is 313 g/mol. The Bertz CT molecular complexity index is 239. The van der Waals surface area contributed by atoms with Crippen LogP contribution in [-0.4, -0.2) is 37.4 Å². The Morgan fingerprint density at radius 2 is 1.93 bits per heavy atom. The summed E-state index contributed by atoms with van der Waals surface area (Å²) in [5, 5.41) is 3.37. The molecule has 86 valence electrons. The molecule has 0 saturated carbocycles. The van der Waals surface area contributed by atoms with Crippen molar-refractivity contribution in [2.24, 2.45) is 5.92 Å². The van der Waals surface area contributed by atoms with Crippen LogP contribution in [0.2, 0.25) is 0 Å². The topological polar surface area (TPSA) is 46.2 Å². The molecule has 0 aliphatic heterocycles. The lowest BCUT2D eigenvalue weighted by atomic mass is 10.1. The highest BCUT2D eigenvalue weighted by Crippen LogP contribution is 2.04. The summed E-state index contributed by atoms with van der Waals surface area (Å²) in [7, 11) is -2.79. The fourth-order valence-electron chi connectivity index (χ4n) is 1.09. The first kappa shape index (κ1) is 14.6. The van der Waals surface area contributed by atoms with Crippen molar-refractivity contribution in [3.05, 3.63) is 0 Å². The lowest BCUT2D eigenvalue weighted by Crippen LogP contribution is -2.36. The van der Waals surface area contributed by atoms with Crippen molar-refractivity contribution in [2.75, 3.05) is 23.0 Å². The van der Waals surface area contributed by atoms with E-state index in [2.05, 4.69) is 41.8 Å². The first-order valence-electron chi connectivity index (χ1n) is 4.84. The summed E-state index contributed by atoms with van der Waals surface area (Å²) in [5.74, 6) is 0.886. The third-order valence-electron chi connectivity index (χ3n) is 2.07. The molecule has 1 N–H and O–H groups in total. The predicted molar refractivity (Wildman–Crippen MR) is 69.8 cm³/mol. The molecule has 0 radical (unpaired) electrons. The van der Waals surface area contributed by atoms with E-state index in [1.165, 1.54) is 6.26 Å². The average Bonchev–Trinajstić information content (AvgIpc) is 2.01. The highest BCUT2D eigenvalue weighted by atomic mass is 127. The van der Waals surface area contributed by atoms with Crippen LogP contribution in [-0.2, 0) is 9.84 Å². The zero-order valence-electron chi connectivity index (χ0n) is 9.09. The molecule has 3 nitrogen and oxygen atoms in total. The molecule has 0 saturated heterocycles. The van der Waals surface area contributed by atoms with Gasteiger partial charge in [-0.15, -0.1) is 0 Å². The van der Waals surface area contributed by atoms with Crippen LogP contribution in [0.3, 0.4) is 0 Å². The SMILES string of the molecule is CC(C)C(CI)NCCCS(C)(=O)=O. The molecule has 0 aromatic heterocycles. The van der Waals surface area contributed by atoms with Gasteiger partial charge in [-0.1, -0.05) is 36.4 Å². The van der Waals surface area contributed by atoms with E-state index in [0.717, 1.165) is 11.0 Å². The highest BCUT2D eigenvalue weighted by molar-refractivity contribution is 14.1. The summed E-state index contributed by atoms with van der Waals surface area (Å²) < 4.78 is 22.8. The number of nitrogens with one attached hydrogen (secondary N) is 1. The minimum atomic E-state index is -2.79. The molecule has 14 heavy (non-hydrogen) atoms. The molecular formula is C9H20INO2S. The van der Waals surface area contributed by atoms with Crippen LogP contribution in [0.5, 0.6) is 0 Å². The number of sulfone groups is 1. The second kappa shape index (κ2) is 7.00. The number of rotatable bonds is 7. The molecule has 0 fully saturated rings. The fourth-order valence-corrected chi connectivity index (χ4v) is 3.09. The fraction of sp³-hybridized carbons (Fsp3) is 1.00. The number of alkyl halides is 1. The van der Waals surface area contributed by atoms with E-state index in [9.17, 15) is 8.42 Å². The molecule has 0 aliphatic carbocycles. The summed E-state index contributed by atoms with van der Waals surface area (Å²) in [4.78, 5) is 0. The van der Waals surface area contributed by atoms with E-state index in [0.29, 0.717) is 18.4 Å². The van der Waals surface area contributed by atoms with Gasteiger partial charge in [0.1, 0.15) is 9.84 Å². The molecule has 0 aliphatic rings. The van der Waals surface area contributed by atoms with Gasteiger partial charge in [0.15, 0.2) is 0 Å². The lowest BCUT2D eigenvalue weighted by molar-refractivity contribution is 0.438. The van der Waals surface area contributed by atoms with E-state index in [1.54, 1.807) is 0 Å². The normalized spacial score (nSPS) is 14.6. The quantitative estimate of drug-likeness (QED) is 0.436. The molecule has 0 amide bonds. The second-order valence-corrected chi connectivity index (χ2v) is 7.08. The van der Waals surface area contributed by atoms with Crippen LogP contribution in [0.4, 0.5) is 0 Å². The predicted octanol–water partition coefficient (Wildman–Crippen LogP) is 1.47. The Hall–Kier alpha value is 0.640. The van der Waals surface area contributed by atoms with Crippen LogP contribution in [0.25, 0.3) is 0 Å². The van der Waals surface area contributed by atoms with Gasteiger partial charge in [0, 0.05) is 16.7 Å². The Labute approximate surface area is 101 Å². The summed E-state index contributed by atoms with van der Waals surface area (Å²) in [6, 6.07) is 0.496. The van der Waals surface area contributed by atoms with Crippen molar-refractivity contribution in [3.63, 3.8) is 0 Å². The monoisotopic (exact) mass is 333 g/mol. The molecule has 0 aromatic rings. The zero-order chi connectivity index (χ0) is 11.2. The molecule has 0 aromatic carbocycles. The summed E-state index contributed by atoms with van der Waals surface area (Å²) in [6.07, 6.45) is 1.99. The molecule has 0 spiro atoms. The van der Waals surface area contributed by atoms with E-state index >= 15 is 0 Å². The van der Waals surface area contributed by atoms with Gasteiger partial charge in [0.2, 0.25) is 0 Å². The largest absolute Gasteiger partial charge is 0.313 e. The maximum absolute atomic E-state index is 10.9. The molecule has 0 rings (SSSR count). The molecule has 1 atom stereocenters. The number of halogens is 1. The molecule has 1 unspecified atom stereocenters. The van der Waals surface area contributed by atoms with Crippen molar-refractivity contribution in [2.45, 2.75) is 26.3 Å². The Morgan fingerprint density at radius 3 is 2.29 bits per heavy atom. The Kier molecular flexibility index (Phi) is 7.32. The van der Waals surface area contributed by atoms with E-state index < -0.39 is 9.84 Å². The van der Waals surface area contributed by atoms with Crippen LogP contribution < -0.4 is 5.32 Å². The van der Waals surface area contributed by atoms with Crippen LogP contribution in [0.15, 0.2) is 0 Å². The molecule has 5 heteroatoms. The molecule has 0 heterocycles. The third kappa shape index (κ3) is 7.99. The minimum Gasteiger partial charge on any atom is -0.313 e. The first-order valence-corrected chi connectivity index (χ1v) is 8.42. The van der Waals surface area contributed by atoms with E-state index in [-0.39, 0.29) is 5.75 Å². The van der Waals surface area contributed by atoms with Crippen molar-refractivity contribution >= 4 is 32.4 Å².